The normalized spacial score (nSPS) is 35.3. The molecule has 1 aromatic rings. The Morgan fingerprint density at radius 1 is 0.947 bits per heavy atom. The molecule has 1 saturated heterocycles. The summed E-state index contributed by atoms with van der Waals surface area (Å²) in [5.74, 6) is 0.132. The largest absolute Gasteiger partial charge is 0.274 e. The number of benzene rings is 1. The van der Waals surface area contributed by atoms with E-state index in [1.807, 2.05) is 0 Å². The van der Waals surface area contributed by atoms with Crippen LogP contribution in [0.1, 0.15) is 6.42 Å². The molecule has 2 bridgehead atoms. The van der Waals surface area contributed by atoms with Crippen molar-refractivity contribution in [1.29, 1.82) is 0 Å². The van der Waals surface area contributed by atoms with E-state index in [0.29, 0.717) is 10.7 Å². The third kappa shape index (κ3) is 1.39. The molecule has 3 nitrogen and oxygen atoms in total. The monoisotopic (exact) mass is 273 g/mol. The smallest absolute Gasteiger partial charge is 0.238 e. The third-order valence-electron chi connectivity index (χ3n) is 4.56. The molecule has 4 heteroatoms. The second-order valence-corrected chi connectivity index (χ2v) is 5.92. The molecule has 19 heavy (non-hydrogen) atoms. The van der Waals surface area contributed by atoms with Crippen molar-refractivity contribution in [3.63, 3.8) is 0 Å². The van der Waals surface area contributed by atoms with Gasteiger partial charge in [-0.25, -0.2) is 0 Å². The Morgan fingerprint density at radius 3 is 2.00 bits per heavy atom. The van der Waals surface area contributed by atoms with E-state index in [0.717, 1.165) is 6.42 Å². The first-order valence-corrected chi connectivity index (χ1v) is 6.86. The Balaban J connectivity index is 1.74. The molecule has 96 valence electrons. The van der Waals surface area contributed by atoms with Gasteiger partial charge in [0.2, 0.25) is 11.8 Å². The molecule has 2 aliphatic carbocycles. The van der Waals surface area contributed by atoms with Crippen molar-refractivity contribution in [3.05, 3.63) is 41.4 Å². The van der Waals surface area contributed by atoms with E-state index in [2.05, 4.69) is 12.2 Å². The number of fused-ring (bicyclic) bond motifs is 5. The lowest BCUT2D eigenvalue weighted by Gasteiger charge is -2.17. The van der Waals surface area contributed by atoms with Gasteiger partial charge >= 0.3 is 0 Å². The lowest BCUT2D eigenvalue weighted by Crippen LogP contribution is -2.32. The SMILES string of the molecule is O=C1C2[C@H]3C=C[C@H](C3)[C@H]2C(=O)N1c1ccc(Cl)cc1. The number of hydrogen-bond donors (Lipinski definition) is 0. The van der Waals surface area contributed by atoms with Gasteiger partial charge in [-0.3, -0.25) is 14.5 Å². The van der Waals surface area contributed by atoms with Crippen LogP contribution in [0.25, 0.3) is 0 Å². The third-order valence-corrected chi connectivity index (χ3v) is 4.81. The van der Waals surface area contributed by atoms with Gasteiger partial charge in [0.15, 0.2) is 0 Å². The Bertz CT molecular complexity index is 577. The number of nitrogens with zero attached hydrogens (tertiary/aromatic N) is 1. The molecule has 0 N–H and O–H groups in total. The molecule has 1 saturated carbocycles. The first-order chi connectivity index (χ1) is 9.16. The van der Waals surface area contributed by atoms with Crippen molar-refractivity contribution in [1.82, 2.24) is 0 Å². The van der Waals surface area contributed by atoms with Crippen LogP contribution < -0.4 is 4.90 Å². The minimum Gasteiger partial charge on any atom is -0.274 e. The van der Waals surface area contributed by atoms with Crippen molar-refractivity contribution in [3.8, 4) is 0 Å². The maximum atomic E-state index is 12.5. The highest BCUT2D eigenvalue weighted by Crippen LogP contribution is 2.53. The second-order valence-electron chi connectivity index (χ2n) is 5.49. The van der Waals surface area contributed by atoms with E-state index in [1.165, 1.54) is 4.90 Å². The quantitative estimate of drug-likeness (QED) is 0.583. The van der Waals surface area contributed by atoms with Crippen LogP contribution in [0.5, 0.6) is 0 Å². The zero-order chi connectivity index (χ0) is 13.1. The highest BCUT2D eigenvalue weighted by molar-refractivity contribution is 6.30. The van der Waals surface area contributed by atoms with E-state index in [-0.39, 0.29) is 35.5 Å². The zero-order valence-corrected chi connectivity index (χ0v) is 10.9. The fourth-order valence-corrected chi connectivity index (χ4v) is 3.87. The van der Waals surface area contributed by atoms with Crippen molar-refractivity contribution >= 4 is 29.1 Å². The number of allylic oxidation sites excluding steroid dienone is 2. The highest BCUT2D eigenvalue weighted by atomic mass is 35.5. The van der Waals surface area contributed by atoms with Crippen LogP contribution in [0.2, 0.25) is 5.02 Å². The van der Waals surface area contributed by atoms with Gasteiger partial charge in [-0.1, -0.05) is 23.8 Å². The molecule has 0 aromatic heterocycles. The fraction of sp³-hybridized carbons (Fsp3) is 0.333. The highest BCUT2D eigenvalue weighted by Gasteiger charge is 2.59. The molecular formula is C15H12ClNO2. The number of carbonyl (C=O) groups excluding carboxylic acids is 2. The summed E-state index contributed by atoms with van der Waals surface area (Å²) in [6.07, 6.45) is 5.16. The van der Waals surface area contributed by atoms with Crippen LogP contribution in [-0.2, 0) is 9.59 Å². The van der Waals surface area contributed by atoms with Crippen LogP contribution in [0, 0.1) is 23.7 Å². The maximum absolute atomic E-state index is 12.5. The van der Waals surface area contributed by atoms with Gasteiger partial charge in [0.05, 0.1) is 17.5 Å². The van der Waals surface area contributed by atoms with E-state index in [9.17, 15) is 9.59 Å². The van der Waals surface area contributed by atoms with Crippen LogP contribution in [0.3, 0.4) is 0 Å². The lowest BCUT2D eigenvalue weighted by atomic mass is 9.85. The molecule has 0 spiro atoms. The summed E-state index contributed by atoms with van der Waals surface area (Å²) in [6.45, 7) is 0. The van der Waals surface area contributed by atoms with Gasteiger partial charge in [0, 0.05) is 5.02 Å². The van der Waals surface area contributed by atoms with E-state index in [1.54, 1.807) is 24.3 Å². The summed E-state index contributed by atoms with van der Waals surface area (Å²) in [6, 6.07) is 6.87. The molecule has 3 aliphatic rings. The Kier molecular flexibility index (Phi) is 2.19. The number of halogens is 1. The van der Waals surface area contributed by atoms with Gasteiger partial charge in [0.25, 0.3) is 0 Å². The van der Waals surface area contributed by atoms with Crippen LogP contribution in [-0.4, -0.2) is 11.8 Å². The predicted molar refractivity (Wildman–Crippen MR) is 71.7 cm³/mol. The van der Waals surface area contributed by atoms with Crippen molar-refractivity contribution in [2.75, 3.05) is 4.90 Å². The Labute approximate surface area is 115 Å². The average molecular weight is 274 g/mol. The van der Waals surface area contributed by atoms with Crippen LogP contribution >= 0.6 is 11.6 Å². The first-order valence-electron chi connectivity index (χ1n) is 6.48. The number of rotatable bonds is 1. The standard InChI is InChI=1S/C15H12ClNO2/c16-10-3-5-11(6-4-10)17-14(18)12-8-1-2-9(7-8)13(12)15(17)19/h1-6,8-9,12-13H,7H2/t8-,9+,12-,13?/m1/s1. The number of anilines is 1. The van der Waals surface area contributed by atoms with Gasteiger partial charge in [-0.05, 0) is 42.5 Å². The van der Waals surface area contributed by atoms with E-state index >= 15 is 0 Å². The Hall–Kier alpha value is -1.61. The molecule has 2 fully saturated rings. The molecule has 1 heterocycles. The number of hydrogen-bond acceptors (Lipinski definition) is 2. The van der Waals surface area contributed by atoms with Crippen LogP contribution in [0.15, 0.2) is 36.4 Å². The summed E-state index contributed by atoms with van der Waals surface area (Å²) in [5, 5.41) is 0.602. The topological polar surface area (TPSA) is 37.4 Å². The summed E-state index contributed by atoms with van der Waals surface area (Å²) in [5.41, 5.74) is 0.633. The molecular weight excluding hydrogens is 262 g/mol. The summed E-state index contributed by atoms with van der Waals surface area (Å²) in [4.78, 5) is 26.4. The molecule has 1 aliphatic heterocycles. The predicted octanol–water partition coefficient (Wildman–Crippen LogP) is 2.65. The van der Waals surface area contributed by atoms with Gasteiger partial charge in [0.1, 0.15) is 0 Å². The zero-order valence-electron chi connectivity index (χ0n) is 10.1. The molecule has 4 rings (SSSR count). The van der Waals surface area contributed by atoms with Gasteiger partial charge in [-0.15, -0.1) is 0 Å². The van der Waals surface area contributed by atoms with Gasteiger partial charge < -0.3 is 0 Å². The maximum Gasteiger partial charge on any atom is 0.238 e. The minimum atomic E-state index is -0.141. The molecule has 0 radical (unpaired) electrons. The van der Waals surface area contributed by atoms with Crippen LogP contribution in [0.4, 0.5) is 5.69 Å². The first kappa shape index (κ1) is 11.2. The van der Waals surface area contributed by atoms with Crippen molar-refractivity contribution in [2.45, 2.75) is 6.42 Å². The van der Waals surface area contributed by atoms with Crippen molar-refractivity contribution < 1.29 is 9.59 Å². The summed E-state index contributed by atoms with van der Waals surface area (Å²) >= 11 is 5.84. The number of carbonyl (C=O) groups is 2. The van der Waals surface area contributed by atoms with E-state index < -0.39 is 0 Å². The molecule has 1 aromatic carbocycles. The van der Waals surface area contributed by atoms with E-state index in [4.69, 9.17) is 11.6 Å². The average Bonchev–Trinajstić information content (AvgIpc) is 3.06. The fourth-order valence-electron chi connectivity index (χ4n) is 3.75. The molecule has 1 unspecified atom stereocenters. The minimum absolute atomic E-state index is 0.0471. The number of imide groups is 1. The summed E-state index contributed by atoms with van der Waals surface area (Å²) in [7, 11) is 0. The van der Waals surface area contributed by atoms with Gasteiger partial charge in [-0.2, -0.15) is 0 Å². The summed E-state index contributed by atoms with van der Waals surface area (Å²) < 4.78 is 0. The van der Waals surface area contributed by atoms with Crippen molar-refractivity contribution in [2.24, 2.45) is 23.7 Å². The Morgan fingerprint density at radius 2 is 1.47 bits per heavy atom. The molecule has 2 amide bonds. The number of amides is 2. The second kappa shape index (κ2) is 3.70. The molecule has 4 atom stereocenters. The lowest BCUT2D eigenvalue weighted by molar-refractivity contribution is -0.123.